The van der Waals surface area contributed by atoms with Crippen LogP contribution in [0.25, 0.3) is 0 Å². The molecule has 17 heavy (non-hydrogen) atoms. The molecule has 2 unspecified atom stereocenters. The van der Waals surface area contributed by atoms with E-state index < -0.39 is 0 Å². The molecule has 4 heteroatoms. The van der Waals surface area contributed by atoms with E-state index in [4.69, 9.17) is 15.2 Å². The lowest BCUT2D eigenvalue weighted by molar-refractivity contribution is -0.151. The first-order valence-corrected chi connectivity index (χ1v) is 6.42. The molecule has 0 aliphatic heterocycles. The number of ether oxygens (including phenoxy) is 2. The predicted molar refractivity (Wildman–Crippen MR) is 66.6 cm³/mol. The summed E-state index contributed by atoms with van der Waals surface area (Å²) in [4.78, 5) is 11.8. The first kappa shape index (κ1) is 14.5. The lowest BCUT2D eigenvalue weighted by atomic mass is 9.86. The van der Waals surface area contributed by atoms with Gasteiger partial charge in [-0.05, 0) is 33.1 Å². The quantitative estimate of drug-likeness (QED) is 0.749. The number of hydrogen-bond donors (Lipinski definition) is 1. The number of esters is 1. The predicted octanol–water partition coefficient (Wildman–Crippen LogP) is 1.86. The Morgan fingerprint density at radius 1 is 1.41 bits per heavy atom. The second kappa shape index (κ2) is 6.36. The van der Waals surface area contributed by atoms with E-state index in [-0.39, 0.29) is 23.5 Å². The Hall–Kier alpha value is -0.610. The second-order valence-electron chi connectivity index (χ2n) is 5.50. The highest BCUT2D eigenvalue weighted by Gasteiger charge is 2.27. The topological polar surface area (TPSA) is 61.5 Å². The molecule has 0 amide bonds. The highest BCUT2D eigenvalue weighted by atomic mass is 16.5. The summed E-state index contributed by atoms with van der Waals surface area (Å²) in [5.74, 6) is -0.0866. The van der Waals surface area contributed by atoms with E-state index >= 15 is 0 Å². The Morgan fingerprint density at radius 2 is 2.12 bits per heavy atom. The molecule has 1 aliphatic carbocycles. The van der Waals surface area contributed by atoms with Crippen LogP contribution in [-0.2, 0) is 14.3 Å². The minimum absolute atomic E-state index is 0.00408. The van der Waals surface area contributed by atoms with Gasteiger partial charge in [0.1, 0.15) is 0 Å². The number of carbonyl (C=O) groups is 1. The van der Waals surface area contributed by atoms with Gasteiger partial charge in [0.2, 0.25) is 0 Å². The first-order chi connectivity index (χ1) is 7.94. The molecule has 0 aromatic heterocycles. The SMILES string of the molecule is COC(C)(C)CCOC(=O)C1CCCC(N)C1. The Morgan fingerprint density at radius 3 is 2.71 bits per heavy atom. The molecule has 2 atom stereocenters. The molecule has 0 spiro atoms. The van der Waals surface area contributed by atoms with E-state index in [1.807, 2.05) is 13.8 Å². The van der Waals surface area contributed by atoms with Gasteiger partial charge in [-0.2, -0.15) is 0 Å². The molecule has 1 fully saturated rings. The van der Waals surface area contributed by atoms with Crippen molar-refractivity contribution in [3.8, 4) is 0 Å². The van der Waals surface area contributed by atoms with E-state index in [1.54, 1.807) is 7.11 Å². The van der Waals surface area contributed by atoms with Crippen molar-refractivity contribution in [3.63, 3.8) is 0 Å². The summed E-state index contributed by atoms with van der Waals surface area (Å²) in [7, 11) is 1.67. The highest BCUT2D eigenvalue weighted by molar-refractivity contribution is 5.72. The monoisotopic (exact) mass is 243 g/mol. The van der Waals surface area contributed by atoms with E-state index in [9.17, 15) is 4.79 Å². The van der Waals surface area contributed by atoms with Crippen LogP contribution in [0.4, 0.5) is 0 Å². The van der Waals surface area contributed by atoms with E-state index in [0.717, 1.165) is 25.7 Å². The Labute approximate surface area is 104 Å². The van der Waals surface area contributed by atoms with Crippen LogP contribution < -0.4 is 5.73 Å². The molecule has 0 aromatic carbocycles. The van der Waals surface area contributed by atoms with E-state index in [0.29, 0.717) is 13.0 Å². The number of hydrogen-bond acceptors (Lipinski definition) is 4. The first-order valence-electron chi connectivity index (χ1n) is 6.42. The van der Waals surface area contributed by atoms with E-state index in [1.165, 1.54) is 0 Å². The number of nitrogens with two attached hydrogens (primary N) is 1. The van der Waals surface area contributed by atoms with Gasteiger partial charge >= 0.3 is 5.97 Å². The van der Waals surface area contributed by atoms with Crippen LogP contribution in [0, 0.1) is 5.92 Å². The summed E-state index contributed by atoms with van der Waals surface area (Å²) in [6.07, 6.45) is 4.46. The number of rotatable bonds is 5. The molecular formula is C13H25NO3. The van der Waals surface area contributed by atoms with Crippen molar-refractivity contribution >= 4 is 5.97 Å². The standard InChI is InChI=1S/C13H25NO3/c1-13(2,16-3)7-8-17-12(15)10-5-4-6-11(14)9-10/h10-11H,4-9,14H2,1-3H3. The van der Waals surface area contributed by atoms with Gasteiger partial charge in [0.15, 0.2) is 0 Å². The molecule has 0 aromatic rings. The van der Waals surface area contributed by atoms with Gasteiger partial charge in [0.25, 0.3) is 0 Å². The van der Waals surface area contributed by atoms with Crippen LogP contribution in [-0.4, -0.2) is 31.3 Å². The van der Waals surface area contributed by atoms with E-state index in [2.05, 4.69) is 0 Å². The third-order valence-corrected chi connectivity index (χ3v) is 3.55. The van der Waals surface area contributed by atoms with Crippen molar-refractivity contribution in [3.05, 3.63) is 0 Å². The fraction of sp³-hybridized carbons (Fsp3) is 0.923. The smallest absolute Gasteiger partial charge is 0.308 e. The molecule has 0 radical (unpaired) electrons. The van der Waals surface area contributed by atoms with Crippen LogP contribution in [0.15, 0.2) is 0 Å². The average Bonchev–Trinajstić information content (AvgIpc) is 2.28. The Kier molecular flexibility index (Phi) is 5.40. The maximum Gasteiger partial charge on any atom is 0.308 e. The van der Waals surface area contributed by atoms with Crippen LogP contribution in [0.2, 0.25) is 0 Å². The van der Waals surface area contributed by atoms with Crippen molar-refractivity contribution in [1.29, 1.82) is 0 Å². The maximum absolute atomic E-state index is 11.8. The summed E-state index contributed by atoms with van der Waals surface area (Å²) < 4.78 is 10.6. The van der Waals surface area contributed by atoms with Crippen LogP contribution >= 0.6 is 0 Å². The molecule has 0 saturated heterocycles. The van der Waals surface area contributed by atoms with Gasteiger partial charge in [0, 0.05) is 19.6 Å². The zero-order chi connectivity index (χ0) is 12.9. The third kappa shape index (κ3) is 5.04. The zero-order valence-corrected chi connectivity index (χ0v) is 11.2. The van der Waals surface area contributed by atoms with Gasteiger partial charge in [-0.1, -0.05) is 6.42 Å². The largest absolute Gasteiger partial charge is 0.465 e. The minimum Gasteiger partial charge on any atom is -0.465 e. The summed E-state index contributed by atoms with van der Waals surface area (Å²) in [6, 6.07) is 0.164. The lowest BCUT2D eigenvalue weighted by Crippen LogP contribution is -2.33. The summed E-state index contributed by atoms with van der Waals surface area (Å²) in [5, 5.41) is 0. The molecule has 0 bridgehead atoms. The van der Waals surface area contributed by atoms with Crippen molar-refractivity contribution in [2.75, 3.05) is 13.7 Å². The molecule has 0 heterocycles. The maximum atomic E-state index is 11.8. The molecule has 1 rings (SSSR count). The minimum atomic E-state index is -0.233. The van der Waals surface area contributed by atoms with Gasteiger partial charge < -0.3 is 15.2 Å². The Balaban J connectivity index is 2.25. The summed E-state index contributed by atoms with van der Waals surface area (Å²) in [5.41, 5.74) is 5.62. The van der Waals surface area contributed by atoms with Gasteiger partial charge in [-0.15, -0.1) is 0 Å². The van der Waals surface area contributed by atoms with Crippen LogP contribution in [0.3, 0.4) is 0 Å². The van der Waals surface area contributed by atoms with Crippen LogP contribution in [0.5, 0.6) is 0 Å². The summed E-state index contributed by atoms with van der Waals surface area (Å²) in [6.45, 7) is 4.39. The van der Waals surface area contributed by atoms with Gasteiger partial charge in [-0.3, -0.25) is 4.79 Å². The Bertz CT molecular complexity index is 253. The highest BCUT2D eigenvalue weighted by Crippen LogP contribution is 2.24. The third-order valence-electron chi connectivity index (χ3n) is 3.55. The molecular weight excluding hydrogens is 218 g/mol. The van der Waals surface area contributed by atoms with Gasteiger partial charge in [-0.25, -0.2) is 0 Å². The zero-order valence-electron chi connectivity index (χ0n) is 11.2. The van der Waals surface area contributed by atoms with Gasteiger partial charge in [0.05, 0.1) is 18.1 Å². The fourth-order valence-corrected chi connectivity index (χ4v) is 2.06. The molecule has 1 saturated carbocycles. The fourth-order valence-electron chi connectivity index (χ4n) is 2.06. The van der Waals surface area contributed by atoms with Crippen molar-refractivity contribution < 1.29 is 14.3 Å². The number of carbonyl (C=O) groups excluding carboxylic acids is 1. The molecule has 100 valence electrons. The molecule has 1 aliphatic rings. The second-order valence-corrected chi connectivity index (χ2v) is 5.50. The molecule has 2 N–H and O–H groups in total. The van der Waals surface area contributed by atoms with Crippen molar-refractivity contribution in [1.82, 2.24) is 0 Å². The van der Waals surface area contributed by atoms with Crippen molar-refractivity contribution in [2.45, 2.75) is 57.6 Å². The van der Waals surface area contributed by atoms with Crippen molar-refractivity contribution in [2.24, 2.45) is 11.7 Å². The average molecular weight is 243 g/mol. The van der Waals surface area contributed by atoms with Crippen LogP contribution in [0.1, 0.15) is 46.0 Å². The summed E-state index contributed by atoms with van der Waals surface area (Å²) >= 11 is 0. The molecule has 4 nitrogen and oxygen atoms in total. The normalized spacial score (nSPS) is 25.6. The number of methoxy groups -OCH3 is 1. The lowest BCUT2D eigenvalue weighted by Gasteiger charge is -2.26.